The standard InChI is InChI=1S/C11H16N2O4S2/c1-18-8-7-10(12)11(14)17-13-19(15,16)9-5-3-2-4-6-9/h2-6,10,13H,7-8,12H2,1H3/t10-/m0/s1. The Kier molecular flexibility index (Phi) is 6.29. The third-order valence-corrected chi connectivity index (χ3v) is 4.08. The molecule has 6 nitrogen and oxygen atoms in total. The Balaban J connectivity index is 2.54. The summed E-state index contributed by atoms with van der Waals surface area (Å²) in [4.78, 5) is 17.7. The zero-order valence-electron chi connectivity index (χ0n) is 10.4. The fraction of sp³-hybridized carbons (Fsp3) is 0.364. The first-order valence-corrected chi connectivity index (χ1v) is 8.37. The van der Waals surface area contributed by atoms with Gasteiger partial charge in [0.1, 0.15) is 6.04 Å². The molecule has 0 unspecified atom stereocenters. The SMILES string of the molecule is CSCC[C@H](N)C(=O)ONS(=O)(=O)c1ccccc1. The number of hydrogen-bond donors (Lipinski definition) is 2. The minimum absolute atomic E-state index is 0.0143. The third-order valence-electron chi connectivity index (χ3n) is 2.24. The highest BCUT2D eigenvalue weighted by Crippen LogP contribution is 2.07. The van der Waals surface area contributed by atoms with Gasteiger partial charge in [-0.05, 0) is 35.4 Å². The maximum atomic E-state index is 11.7. The number of hydrogen-bond acceptors (Lipinski definition) is 6. The van der Waals surface area contributed by atoms with E-state index in [0.717, 1.165) is 0 Å². The van der Waals surface area contributed by atoms with Gasteiger partial charge < -0.3 is 10.6 Å². The van der Waals surface area contributed by atoms with Crippen molar-refractivity contribution in [2.45, 2.75) is 17.4 Å². The van der Waals surface area contributed by atoms with Crippen LogP contribution in [0.3, 0.4) is 0 Å². The number of carbonyl (C=O) groups excluding carboxylic acids is 1. The van der Waals surface area contributed by atoms with Crippen LogP contribution in [0.2, 0.25) is 0 Å². The third kappa shape index (κ3) is 5.19. The van der Waals surface area contributed by atoms with Gasteiger partial charge in [-0.15, -0.1) is 0 Å². The maximum Gasteiger partial charge on any atom is 0.342 e. The highest BCUT2D eigenvalue weighted by molar-refractivity contribution is 7.98. The second kappa shape index (κ2) is 7.49. The summed E-state index contributed by atoms with van der Waals surface area (Å²) in [6.07, 6.45) is 2.31. The molecule has 3 N–H and O–H groups in total. The maximum absolute atomic E-state index is 11.7. The molecule has 8 heteroatoms. The van der Waals surface area contributed by atoms with E-state index >= 15 is 0 Å². The minimum Gasteiger partial charge on any atom is -0.354 e. The van der Waals surface area contributed by atoms with Gasteiger partial charge in [-0.3, -0.25) is 0 Å². The van der Waals surface area contributed by atoms with Crippen LogP contribution < -0.4 is 10.6 Å². The lowest BCUT2D eigenvalue weighted by molar-refractivity contribution is -0.148. The second-order valence-corrected chi connectivity index (χ2v) is 6.34. The lowest BCUT2D eigenvalue weighted by atomic mass is 10.2. The Bertz CT molecular complexity index is 505. The van der Waals surface area contributed by atoms with Crippen LogP contribution in [-0.2, 0) is 19.7 Å². The molecule has 1 aromatic carbocycles. The van der Waals surface area contributed by atoms with Crippen LogP contribution in [0.4, 0.5) is 0 Å². The second-order valence-electron chi connectivity index (χ2n) is 3.71. The van der Waals surface area contributed by atoms with Gasteiger partial charge in [0.25, 0.3) is 10.0 Å². The van der Waals surface area contributed by atoms with E-state index in [-0.39, 0.29) is 4.90 Å². The van der Waals surface area contributed by atoms with Gasteiger partial charge >= 0.3 is 5.97 Å². The molecular weight excluding hydrogens is 288 g/mol. The predicted octanol–water partition coefficient (Wildman–Crippen LogP) is 0.504. The van der Waals surface area contributed by atoms with Gasteiger partial charge in [-0.25, -0.2) is 13.2 Å². The first kappa shape index (κ1) is 16.0. The summed E-state index contributed by atoms with van der Waals surface area (Å²) in [7, 11) is -3.86. The number of carbonyl (C=O) groups is 1. The van der Waals surface area contributed by atoms with Crippen molar-refractivity contribution in [3.05, 3.63) is 30.3 Å². The van der Waals surface area contributed by atoms with Gasteiger partial charge in [0, 0.05) is 0 Å². The van der Waals surface area contributed by atoms with Crippen molar-refractivity contribution in [2.24, 2.45) is 5.73 Å². The average Bonchev–Trinajstić information content (AvgIpc) is 2.43. The van der Waals surface area contributed by atoms with Gasteiger partial charge in [0.15, 0.2) is 0 Å². The molecule has 0 fully saturated rings. The highest BCUT2D eigenvalue weighted by atomic mass is 32.2. The van der Waals surface area contributed by atoms with Crippen molar-refractivity contribution >= 4 is 27.8 Å². The average molecular weight is 304 g/mol. The Morgan fingerprint density at radius 3 is 2.63 bits per heavy atom. The monoisotopic (exact) mass is 304 g/mol. The summed E-state index contributed by atoms with van der Waals surface area (Å²) < 4.78 is 23.5. The van der Waals surface area contributed by atoms with E-state index in [4.69, 9.17) is 5.73 Å². The predicted molar refractivity (Wildman–Crippen MR) is 73.8 cm³/mol. The number of nitrogens with one attached hydrogen (secondary N) is 1. The summed E-state index contributed by atoms with van der Waals surface area (Å²) in [6.45, 7) is 0. The summed E-state index contributed by atoms with van der Waals surface area (Å²) >= 11 is 1.54. The first-order chi connectivity index (χ1) is 8.97. The van der Waals surface area contributed by atoms with E-state index in [0.29, 0.717) is 12.2 Å². The van der Waals surface area contributed by atoms with E-state index in [1.165, 1.54) is 12.1 Å². The molecular formula is C11H16N2O4S2. The van der Waals surface area contributed by atoms with Crippen molar-refractivity contribution in [3.63, 3.8) is 0 Å². The number of thioether (sulfide) groups is 1. The zero-order valence-corrected chi connectivity index (χ0v) is 12.0. The molecule has 0 aliphatic heterocycles. The fourth-order valence-electron chi connectivity index (χ4n) is 1.18. The van der Waals surface area contributed by atoms with Crippen molar-refractivity contribution in [1.82, 2.24) is 4.89 Å². The van der Waals surface area contributed by atoms with Crippen LogP contribution in [0.5, 0.6) is 0 Å². The first-order valence-electron chi connectivity index (χ1n) is 5.49. The smallest absolute Gasteiger partial charge is 0.342 e. The van der Waals surface area contributed by atoms with Crippen molar-refractivity contribution < 1.29 is 18.0 Å². The Labute approximate surface area is 116 Å². The number of sulfonamides is 1. The van der Waals surface area contributed by atoms with E-state index in [9.17, 15) is 13.2 Å². The summed E-state index contributed by atoms with van der Waals surface area (Å²) in [5.74, 6) is -0.102. The molecule has 1 rings (SSSR count). The Hall–Kier alpha value is -1.09. The number of nitrogens with two attached hydrogens (primary N) is 1. The summed E-state index contributed by atoms with van der Waals surface area (Å²) in [6, 6.07) is 6.77. The van der Waals surface area contributed by atoms with Gasteiger partial charge in [0.2, 0.25) is 0 Å². The molecule has 0 bridgehead atoms. The van der Waals surface area contributed by atoms with E-state index in [1.54, 1.807) is 34.8 Å². The fourth-order valence-corrected chi connectivity index (χ4v) is 2.48. The molecule has 0 amide bonds. The van der Waals surface area contributed by atoms with Crippen LogP contribution >= 0.6 is 11.8 Å². The molecule has 19 heavy (non-hydrogen) atoms. The van der Waals surface area contributed by atoms with Crippen molar-refractivity contribution in [1.29, 1.82) is 0 Å². The van der Waals surface area contributed by atoms with Gasteiger partial charge in [-0.2, -0.15) is 11.8 Å². The normalized spacial score (nSPS) is 12.9. The zero-order chi connectivity index (χ0) is 14.3. The molecule has 0 heterocycles. The quantitative estimate of drug-likeness (QED) is 0.712. The van der Waals surface area contributed by atoms with Gasteiger partial charge in [0.05, 0.1) is 4.90 Å². The number of rotatable bonds is 7. The van der Waals surface area contributed by atoms with Crippen LogP contribution in [0.1, 0.15) is 6.42 Å². The van der Waals surface area contributed by atoms with Crippen LogP contribution in [0.25, 0.3) is 0 Å². The van der Waals surface area contributed by atoms with Crippen LogP contribution in [0.15, 0.2) is 35.2 Å². The molecule has 1 aromatic rings. The largest absolute Gasteiger partial charge is 0.354 e. The van der Waals surface area contributed by atoms with E-state index in [2.05, 4.69) is 4.84 Å². The topological polar surface area (TPSA) is 98.5 Å². The highest BCUT2D eigenvalue weighted by Gasteiger charge is 2.20. The molecule has 0 saturated carbocycles. The van der Waals surface area contributed by atoms with E-state index in [1.807, 2.05) is 6.26 Å². The molecule has 0 aliphatic rings. The van der Waals surface area contributed by atoms with Crippen LogP contribution in [-0.4, -0.2) is 32.4 Å². The molecule has 1 atom stereocenters. The lowest BCUT2D eigenvalue weighted by Crippen LogP contribution is -2.38. The molecule has 0 spiro atoms. The number of benzene rings is 1. The molecule has 0 aliphatic carbocycles. The molecule has 0 aromatic heterocycles. The minimum atomic E-state index is -3.86. The van der Waals surface area contributed by atoms with Gasteiger partial charge in [-0.1, -0.05) is 18.2 Å². The van der Waals surface area contributed by atoms with Crippen molar-refractivity contribution in [2.75, 3.05) is 12.0 Å². The van der Waals surface area contributed by atoms with Crippen molar-refractivity contribution in [3.8, 4) is 0 Å². The summed E-state index contributed by atoms with van der Waals surface area (Å²) in [5, 5.41) is 0. The Morgan fingerprint density at radius 1 is 1.42 bits per heavy atom. The molecule has 106 valence electrons. The Morgan fingerprint density at radius 2 is 2.05 bits per heavy atom. The van der Waals surface area contributed by atoms with E-state index < -0.39 is 22.0 Å². The van der Waals surface area contributed by atoms with Crippen LogP contribution in [0, 0.1) is 0 Å². The summed E-state index contributed by atoms with van der Waals surface area (Å²) in [5.41, 5.74) is 5.55. The molecule has 0 saturated heterocycles. The molecule has 0 radical (unpaired) electrons. The lowest BCUT2D eigenvalue weighted by Gasteiger charge is -2.11.